The van der Waals surface area contributed by atoms with Crippen molar-refractivity contribution in [1.82, 2.24) is 9.88 Å². The van der Waals surface area contributed by atoms with E-state index in [1.165, 1.54) is 6.20 Å². The number of hydrogen-bond acceptors (Lipinski definition) is 6. The molecule has 1 saturated heterocycles. The summed E-state index contributed by atoms with van der Waals surface area (Å²) in [4.78, 5) is 18.2. The fraction of sp³-hybridized carbons (Fsp3) is 0.316. The maximum Gasteiger partial charge on any atom is 0.260 e. The molecule has 1 aromatic heterocycles. The molecule has 1 aromatic carbocycles. The number of nitriles is 1. The Kier molecular flexibility index (Phi) is 5.54. The first kappa shape index (κ1) is 17.5. The van der Waals surface area contributed by atoms with Crippen LogP contribution in [0, 0.1) is 11.3 Å². The maximum atomic E-state index is 12.4. The molecule has 134 valence electrons. The summed E-state index contributed by atoms with van der Waals surface area (Å²) in [6.07, 6.45) is 2.10. The van der Waals surface area contributed by atoms with E-state index in [2.05, 4.69) is 4.98 Å². The molecule has 7 heteroatoms. The number of rotatable bonds is 6. The van der Waals surface area contributed by atoms with E-state index in [0.717, 1.165) is 0 Å². The van der Waals surface area contributed by atoms with Crippen molar-refractivity contribution in [3.05, 3.63) is 48.2 Å². The normalized spacial score (nSPS) is 16.0. The van der Waals surface area contributed by atoms with Crippen LogP contribution in [-0.4, -0.2) is 48.7 Å². The van der Waals surface area contributed by atoms with Gasteiger partial charge in [-0.1, -0.05) is 12.1 Å². The number of benzene rings is 1. The number of likely N-dealkylation sites (tertiary alicyclic amines) is 1. The molecule has 1 amide bonds. The van der Waals surface area contributed by atoms with Crippen molar-refractivity contribution in [2.24, 2.45) is 0 Å². The lowest BCUT2D eigenvalue weighted by molar-refractivity contribution is -0.132. The highest BCUT2D eigenvalue weighted by Crippen LogP contribution is 2.26. The van der Waals surface area contributed by atoms with E-state index >= 15 is 0 Å². The molecule has 0 N–H and O–H groups in total. The minimum atomic E-state index is -0.147. The van der Waals surface area contributed by atoms with Crippen LogP contribution in [0.4, 0.5) is 0 Å². The summed E-state index contributed by atoms with van der Waals surface area (Å²) in [6.45, 7) is 0.999. The van der Waals surface area contributed by atoms with Crippen molar-refractivity contribution in [3.63, 3.8) is 0 Å². The zero-order valence-corrected chi connectivity index (χ0v) is 14.4. The van der Waals surface area contributed by atoms with Crippen LogP contribution in [0.25, 0.3) is 0 Å². The third-order valence-corrected chi connectivity index (χ3v) is 4.07. The van der Waals surface area contributed by atoms with Gasteiger partial charge < -0.3 is 19.1 Å². The molecule has 1 atom stereocenters. The Balaban J connectivity index is 1.51. The topological polar surface area (TPSA) is 84.7 Å². The van der Waals surface area contributed by atoms with Gasteiger partial charge in [0.2, 0.25) is 5.88 Å². The molecule has 1 aliphatic rings. The first-order valence-corrected chi connectivity index (χ1v) is 8.26. The summed E-state index contributed by atoms with van der Waals surface area (Å²) in [5.74, 6) is 1.41. The Bertz CT molecular complexity index is 818. The Morgan fingerprint density at radius 2 is 2.15 bits per heavy atom. The van der Waals surface area contributed by atoms with Crippen molar-refractivity contribution >= 4 is 5.91 Å². The van der Waals surface area contributed by atoms with Gasteiger partial charge in [0.05, 0.1) is 25.3 Å². The van der Waals surface area contributed by atoms with Crippen LogP contribution in [0.5, 0.6) is 17.4 Å². The van der Waals surface area contributed by atoms with Gasteiger partial charge in [-0.25, -0.2) is 4.98 Å². The molecule has 1 aliphatic heterocycles. The second-order valence-electron chi connectivity index (χ2n) is 5.80. The van der Waals surface area contributed by atoms with Gasteiger partial charge in [-0.3, -0.25) is 4.79 Å². The molecular formula is C19H19N3O4. The van der Waals surface area contributed by atoms with Crippen LogP contribution in [-0.2, 0) is 4.79 Å². The monoisotopic (exact) mass is 353 g/mol. The molecule has 2 aromatic rings. The number of hydrogen-bond donors (Lipinski definition) is 0. The fourth-order valence-electron chi connectivity index (χ4n) is 2.73. The average molecular weight is 353 g/mol. The highest BCUT2D eigenvalue weighted by molar-refractivity contribution is 5.78. The molecule has 0 bridgehead atoms. The summed E-state index contributed by atoms with van der Waals surface area (Å²) in [6, 6.07) is 12.5. The summed E-state index contributed by atoms with van der Waals surface area (Å²) >= 11 is 0. The van der Waals surface area contributed by atoms with Gasteiger partial charge in [0.25, 0.3) is 5.91 Å². The van der Waals surface area contributed by atoms with Gasteiger partial charge in [-0.2, -0.15) is 5.26 Å². The van der Waals surface area contributed by atoms with Gasteiger partial charge >= 0.3 is 0 Å². The summed E-state index contributed by atoms with van der Waals surface area (Å²) in [7, 11) is 1.56. The number of para-hydroxylation sites is 2. The Morgan fingerprint density at radius 3 is 2.92 bits per heavy atom. The number of carbonyl (C=O) groups excluding carboxylic acids is 1. The van der Waals surface area contributed by atoms with E-state index < -0.39 is 0 Å². The van der Waals surface area contributed by atoms with E-state index in [0.29, 0.717) is 42.5 Å². The summed E-state index contributed by atoms with van der Waals surface area (Å²) in [5.41, 5.74) is 0.492. The molecule has 3 rings (SSSR count). The predicted molar refractivity (Wildman–Crippen MR) is 93.1 cm³/mol. The molecular weight excluding hydrogens is 334 g/mol. The van der Waals surface area contributed by atoms with Crippen molar-refractivity contribution in [1.29, 1.82) is 5.26 Å². The van der Waals surface area contributed by atoms with Gasteiger partial charge in [0.15, 0.2) is 18.1 Å². The molecule has 0 radical (unpaired) electrons. The van der Waals surface area contributed by atoms with Crippen LogP contribution in [0.3, 0.4) is 0 Å². The lowest BCUT2D eigenvalue weighted by Gasteiger charge is -2.18. The van der Waals surface area contributed by atoms with E-state index in [-0.39, 0.29) is 18.6 Å². The Morgan fingerprint density at radius 1 is 1.35 bits per heavy atom. The molecule has 2 heterocycles. The minimum Gasteiger partial charge on any atom is -0.493 e. The average Bonchev–Trinajstić information content (AvgIpc) is 3.15. The first-order valence-electron chi connectivity index (χ1n) is 8.26. The summed E-state index contributed by atoms with van der Waals surface area (Å²) in [5, 5.41) is 8.92. The largest absolute Gasteiger partial charge is 0.493 e. The predicted octanol–water partition coefficient (Wildman–Crippen LogP) is 2.02. The van der Waals surface area contributed by atoms with Gasteiger partial charge in [-0.15, -0.1) is 0 Å². The summed E-state index contributed by atoms with van der Waals surface area (Å²) < 4.78 is 16.6. The van der Waals surface area contributed by atoms with Crippen molar-refractivity contribution in [2.45, 2.75) is 12.5 Å². The third kappa shape index (κ3) is 4.22. The van der Waals surface area contributed by atoms with E-state index in [9.17, 15) is 4.79 Å². The first-order chi connectivity index (χ1) is 12.7. The molecule has 26 heavy (non-hydrogen) atoms. The molecule has 7 nitrogen and oxygen atoms in total. The van der Waals surface area contributed by atoms with Gasteiger partial charge in [0.1, 0.15) is 6.10 Å². The van der Waals surface area contributed by atoms with Crippen molar-refractivity contribution in [2.75, 3.05) is 26.8 Å². The van der Waals surface area contributed by atoms with E-state index in [4.69, 9.17) is 19.5 Å². The number of amides is 1. The minimum absolute atomic E-state index is 0.0603. The lowest BCUT2D eigenvalue weighted by atomic mass is 10.3. The fourth-order valence-corrected chi connectivity index (χ4v) is 2.73. The van der Waals surface area contributed by atoms with Crippen molar-refractivity contribution in [3.8, 4) is 23.4 Å². The molecule has 1 fully saturated rings. The number of aromatic nitrogens is 1. The molecule has 0 saturated carbocycles. The number of methoxy groups -OCH3 is 1. The standard InChI is InChI=1S/C19H19N3O4/c1-24-16-4-2-3-5-17(16)25-13-19(23)22-9-7-15(12-22)26-18-10-14(11-20)6-8-21-18/h2-6,8,10,15H,7,9,12-13H2,1H3. The third-order valence-electron chi connectivity index (χ3n) is 4.07. The van der Waals surface area contributed by atoms with Gasteiger partial charge in [0, 0.05) is 25.2 Å². The number of nitrogens with zero attached hydrogens (tertiary/aromatic N) is 3. The van der Waals surface area contributed by atoms with Crippen LogP contribution >= 0.6 is 0 Å². The highest BCUT2D eigenvalue weighted by Gasteiger charge is 2.28. The zero-order valence-electron chi connectivity index (χ0n) is 14.4. The number of carbonyl (C=O) groups is 1. The smallest absolute Gasteiger partial charge is 0.260 e. The van der Waals surface area contributed by atoms with Gasteiger partial charge in [-0.05, 0) is 18.2 Å². The van der Waals surface area contributed by atoms with E-state index in [1.54, 1.807) is 36.3 Å². The highest BCUT2D eigenvalue weighted by atomic mass is 16.5. The maximum absolute atomic E-state index is 12.4. The Labute approximate surface area is 151 Å². The van der Waals surface area contributed by atoms with Crippen LogP contribution in [0.1, 0.15) is 12.0 Å². The number of ether oxygens (including phenoxy) is 3. The van der Waals surface area contributed by atoms with Crippen LogP contribution < -0.4 is 14.2 Å². The lowest BCUT2D eigenvalue weighted by Crippen LogP contribution is -2.34. The second-order valence-corrected chi connectivity index (χ2v) is 5.80. The van der Waals surface area contributed by atoms with E-state index in [1.807, 2.05) is 18.2 Å². The quantitative estimate of drug-likeness (QED) is 0.790. The van der Waals surface area contributed by atoms with Crippen molar-refractivity contribution < 1.29 is 19.0 Å². The van der Waals surface area contributed by atoms with Crippen LogP contribution in [0.2, 0.25) is 0 Å². The zero-order chi connectivity index (χ0) is 18.4. The van der Waals surface area contributed by atoms with Crippen LogP contribution in [0.15, 0.2) is 42.6 Å². The Hall–Kier alpha value is -3.27. The molecule has 1 unspecified atom stereocenters. The number of pyridine rings is 1. The SMILES string of the molecule is COc1ccccc1OCC(=O)N1CCC(Oc2cc(C#N)ccn2)C1. The molecule has 0 aliphatic carbocycles. The second kappa shape index (κ2) is 8.21. The molecule has 0 spiro atoms.